The molecule has 140 valence electrons. The Balaban J connectivity index is 2.08. The van der Waals surface area contributed by atoms with E-state index in [1.807, 2.05) is 26.0 Å². The summed E-state index contributed by atoms with van der Waals surface area (Å²) in [7, 11) is 0. The number of carbonyl (C=O) groups excluding carboxylic acids is 1. The molecule has 0 aliphatic heterocycles. The fourth-order valence-corrected chi connectivity index (χ4v) is 3.03. The number of halogens is 1. The van der Waals surface area contributed by atoms with Gasteiger partial charge >= 0.3 is 0 Å². The lowest BCUT2D eigenvalue weighted by Crippen LogP contribution is -2.38. The molecule has 0 aliphatic rings. The van der Waals surface area contributed by atoms with Crippen molar-refractivity contribution in [3.8, 4) is 5.75 Å². The Bertz CT molecular complexity index is 778. The molecule has 0 unspecified atom stereocenters. The van der Waals surface area contributed by atoms with Crippen molar-refractivity contribution in [1.29, 1.82) is 0 Å². The molecular formula is C22H28ClNO2. The summed E-state index contributed by atoms with van der Waals surface area (Å²) in [4.78, 5) is 12.6. The van der Waals surface area contributed by atoms with Gasteiger partial charge in [-0.1, -0.05) is 36.7 Å². The number of amides is 1. The van der Waals surface area contributed by atoms with Crippen LogP contribution < -0.4 is 10.1 Å². The molecule has 3 nitrogen and oxygen atoms in total. The summed E-state index contributed by atoms with van der Waals surface area (Å²) < 4.78 is 5.85. The molecule has 0 saturated carbocycles. The monoisotopic (exact) mass is 373 g/mol. The molecule has 0 aromatic heterocycles. The smallest absolute Gasteiger partial charge is 0.261 e. The predicted molar refractivity (Wildman–Crippen MR) is 108 cm³/mol. The van der Waals surface area contributed by atoms with E-state index >= 15 is 0 Å². The predicted octanol–water partition coefficient (Wildman–Crippen LogP) is 5.61. The molecule has 0 aliphatic carbocycles. The fourth-order valence-electron chi connectivity index (χ4n) is 2.92. The zero-order chi connectivity index (χ0) is 19.4. The third-order valence-electron chi connectivity index (χ3n) is 4.75. The summed E-state index contributed by atoms with van der Waals surface area (Å²) in [5, 5.41) is 3.83. The van der Waals surface area contributed by atoms with Crippen LogP contribution in [0, 0.1) is 27.7 Å². The van der Waals surface area contributed by atoms with E-state index in [2.05, 4.69) is 44.3 Å². The quantitative estimate of drug-likeness (QED) is 0.714. The van der Waals surface area contributed by atoms with E-state index in [-0.39, 0.29) is 11.9 Å². The minimum Gasteiger partial charge on any atom is -0.481 e. The molecule has 2 aromatic rings. The molecule has 2 rings (SSSR count). The lowest BCUT2D eigenvalue weighted by Gasteiger charge is -2.22. The van der Waals surface area contributed by atoms with Crippen LogP contribution in [-0.2, 0) is 4.79 Å². The van der Waals surface area contributed by atoms with Crippen LogP contribution in [0.25, 0.3) is 0 Å². The van der Waals surface area contributed by atoms with Crippen molar-refractivity contribution in [3.63, 3.8) is 0 Å². The highest BCUT2D eigenvalue weighted by atomic mass is 35.5. The second kappa shape index (κ2) is 8.59. The van der Waals surface area contributed by atoms with Gasteiger partial charge in [-0.15, -0.1) is 0 Å². The van der Waals surface area contributed by atoms with Crippen molar-refractivity contribution in [1.82, 2.24) is 5.32 Å². The molecule has 0 saturated heterocycles. The van der Waals surface area contributed by atoms with E-state index in [4.69, 9.17) is 16.3 Å². The fraction of sp³-hybridized carbons (Fsp3) is 0.409. The van der Waals surface area contributed by atoms with Gasteiger partial charge in [-0.05, 0) is 81.0 Å². The van der Waals surface area contributed by atoms with Crippen LogP contribution in [0.5, 0.6) is 5.75 Å². The number of benzene rings is 2. The van der Waals surface area contributed by atoms with Crippen LogP contribution in [0.2, 0.25) is 5.02 Å². The summed E-state index contributed by atoms with van der Waals surface area (Å²) >= 11 is 6.19. The average Bonchev–Trinajstić information content (AvgIpc) is 2.59. The van der Waals surface area contributed by atoms with Gasteiger partial charge in [-0.25, -0.2) is 0 Å². The Kier molecular flexibility index (Phi) is 6.71. The Morgan fingerprint density at radius 1 is 1.04 bits per heavy atom. The van der Waals surface area contributed by atoms with Gasteiger partial charge in [0.2, 0.25) is 0 Å². The van der Waals surface area contributed by atoms with E-state index in [0.29, 0.717) is 5.75 Å². The highest BCUT2D eigenvalue weighted by molar-refractivity contribution is 6.32. The molecule has 0 heterocycles. The second-order valence-electron chi connectivity index (χ2n) is 6.94. The molecule has 1 N–H and O–H groups in total. The molecule has 26 heavy (non-hydrogen) atoms. The summed E-state index contributed by atoms with van der Waals surface area (Å²) in [6, 6.07) is 10.0. The van der Waals surface area contributed by atoms with Crippen molar-refractivity contribution in [2.24, 2.45) is 0 Å². The molecule has 0 radical (unpaired) electrons. The Labute approximate surface area is 161 Å². The molecule has 0 spiro atoms. The molecule has 2 atom stereocenters. The van der Waals surface area contributed by atoms with Gasteiger partial charge in [0.25, 0.3) is 5.91 Å². The number of ether oxygens (including phenoxy) is 1. The maximum Gasteiger partial charge on any atom is 0.261 e. The highest BCUT2D eigenvalue weighted by Gasteiger charge is 2.20. The van der Waals surface area contributed by atoms with Crippen molar-refractivity contribution >= 4 is 17.5 Å². The summed E-state index contributed by atoms with van der Waals surface area (Å²) in [6.45, 7) is 11.9. The van der Waals surface area contributed by atoms with Gasteiger partial charge in [0, 0.05) is 5.02 Å². The zero-order valence-electron chi connectivity index (χ0n) is 16.4. The van der Waals surface area contributed by atoms with Gasteiger partial charge in [0.1, 0.15) is 5.75 Å². The molecular weight excluding hydrogens is 346 g/mol. The van der Waals surface area contributed by atoms with E-state index in [1.165, 1.54) is 11.1 Å². The van der Waals surface area contributed by atoms with Crippen LogP contribution in [0.4, 0.5) is 0 Å². The minimum absolute atomic E-state index is 0.0264. The number of nitrogens with one attached hydrogen (secondary N) is 1. The number of hydrogen-bond acceptors (Lipinski definition) is 2. The Hall–Kier alpha value is -2.00. The largest absolute Gasteiger partial charge is 0.481 e. The number of hydrogen-bond donors (Lipinski definition) is 1. The maximum atomic E-state index is 12.6. The van der Waals surface area contributed by atoms with Crippen LogP contribution in [0.1, 0.15) is 54.1 Å². The summed E-state index contributed by atoms with van der Waals surface area (Å²) in [5.74, 6) is 0.534. The van der Waals surface area contributed by atoms with Crippen LogP contribution in [-0.4, -0.2) is 12.0 Å². The van der Waals surface area contributed by atoms with Crippen molar-refractivity contribution < 1.29 is 9.53 Å². The number of aryl methyl sites for hydroxylation is 4. The lowest BCUT2D eigenvalue weighted by atomic mass is 9.99. The average molecular weight is 374 g/mol. The zero-order valence-corrected chi connectivity index (χ0v) is 17.2. The maximum absolute atomic E-state index is 12.6. The third kappa shape index (κ3) is 4.79. The van der Waals surface area contributed by atoms with E-state index in [1.54, 1.807) is 6.92 Å². The Morgan fingerprint density at radius 3 is 2.19 bits per heavy atom. The topological polar surface area (TPSA) is 38.3 Å². The van der Waals surface area contributed by atoms with Crippen molar-refractivity contribution in [3.05, 3.63) is 63.2 Å². The van der Waals surface area contributed by atoms with Gasteiger partial charge in [0.15, 0.2) is 6.10 Å². The second-order valence-corrected chi connectivity index (χ2v) is 7.32. The first-order valence-corrected chi connectivity index (χ1v) is 9.41. The molecule has 4 heteroatoms. The normalized spacial score (nSPS) is 13.2. The first-order valence-electron chi connectivity index (χ1n) is 9.03. The van der Waals surface area contributed by atoms with Crippen LogP contribution in [0.3, 0.4) is 0 Å². The van der Waals surface area contributed by atoms with E-state index in [0.717, 1.165) is 28.1 Å². The first-order chi connectivity index (χ1) is 12.2. The van der Waals surface area contributed by atoms with Crippen LogP contribution in [0.15, 0.2) is 30.3 Å². The molecule has 1 amide bonds. The molecule has 0 fully saturated rings. The van der Waals surface area contributed by atoms with Gasteiger partial charge in [-0.3, -0.25) is 4.79 Å². The summed E-state index contributed by atoms with van der Waals surface area (Å²) in [5.41, 5.74) is 5.48. The third-order valence-corrected chi connectivity index (χ3v) is 5.35. The SMILES string of the molecule is CC[C@H](NC(=O)[C@H](C)Oc1cc(C)c(Cl)c(C)c1)c1ccc(C)c(C)c1. The highest BCUT2D eigenvalue weighted by Crippen LogP contribution is 2.27. The Morgan fingerprint density at radius 2 is 1.65 bits per heavy atom. The van der Waals surface area contributed by atoms with Crippen LogP contribution >= 0.6 is 11.6 Å². The standard InChI is InChI=1S/C22H28ClNO2/c1-7-20(18-9-8-13(2)14(3)10-18)24-22(25)17(6)26-19-11-15(4)21(23)16(5)12-19/h8-12,17,20H,7H2,1-6H3,(H,24,25)/t17-,20-/m0/s1. The lowest BCUT2D eigenvalue weighted by molar-refractivity contribution is -0.128. The van der Waals surface area contributed by atoms with Gasteiger partial charge < -0.3 is 10.1 Å². The van der Waals surface area contributed by atoms with Crippen molar-refractivity contribution in [2.75, 3.05) is 0 Å². The van der Waals surface area contributed by atoms with E-state index < -0.39 is 6.10 Å². The minimum atomic E-state index is -0.587. The van der Waals surface area contributed by atoms with E-state index in [9.17, 15) is 4.79 Å². The molecule has 0 bridgehead atoms. The first kappa shape index (κ1) is 20.3. The van der Waals surface area contributed by atoms with Gasteiger partial charge in [0.05, 0.1) is 6.04 Å². The molecule has 2 aromatic carbocycles. The van der Waals surface area contributed by atoms with Crippen molar-refractivity contribution in [2.45, 2.75) is 60.1 Å². The number of rotatable bonds is 6. The van der Waals surface area contributed by atoms with Gasteiger partial charge in [-0.2, -0.15) is 0 Å². The number of carbonyl (C=O) groups is 1. The summed E-state index contributed by atoms with van der Waals surface area (Å²) in [6.07, 6.45) is 0.232.